The Morgan fingerprint density at radius 3 is 2.50 bits per heavy atom. The lowest BCUT2D eigenvalue weighted by atomic mass is 10.3. The first kappa shape index (κ1) is 12.8. The second-order valence-electron chi connectivity index (χ2n) is 3.30. The fraction of sp³-hybridized carbons (Fsp3) is 0.417. The van der Waals surface area contributed by atoms with Crippen LogP contribution in [0.25, 0.3) is 0 Å². The summed E-state index contributed by atoms with van der Waals surface area (Å²) in [6, 6.07) is 7.75. The quantitative estimate of drug-likeness (QED) is 0.815. The summed E-state index contributed by atoms with van der Waals surface area (Å²) in [6.07, 6.45) is 0. The van der Waals surface area contributed by atoms with Crippen LogP contribution < -0.4 is 10.1 Å². The summed E-state index contributed by atoms with van der Waals surface area (Å²) in [5.41, 5.74) is 0.905. The fourth-order valence-electron chi connectivity index (χ4n) is 1.45. The molecule has 0 fully saturated rings. The summed E-state index contributed by atoms with van der Waals surface area (Å²) in [5, 5.41) is 3.93. The molecule has 0 aromatic heterocycles. The number of thiocarbonyl (C=S) groups is 1. The van der Waals surface area contributed by atoms with E-state index in [9.17, 15) is 0 Å². The van der Waals surface area contributed by atoms with Gasteiger partial charge in [0.15, 0.2) is 5.11 Å². The molecule has 0 saturated heterocycles. The lowest BCUT2D eigenvalue weighted by Gasteiger charge is -2.23. The van der Waals surface area contributed by atoms with Gasteiger partial charge in [-0.25, -0.2) is 0 Å². The van der Waals surface area contributed by atoms with Gasteiger partial charge in [0.25, 0.3) is 0 Å². The fourth-order valence-corrected chi connectivity index (χ4v) is 1.82. The third-order valence-corrected chi connectivity index (χ3v) is 2.76. The van der Waals surface area contributed by atoms with Crippen LogP contribution in [-0.2, 0) is 0 Å². The normalized spacial score (nSPS) is 9.69. The van der Waals surface area contributed by atoms with E-state index in [0.717, 1.165) is 29.6 Å². The minimum absolute atomic E-state index is 0.731. The maximum Gasteiger partial charge on any atom is 0.173 e. The van der Waals surface area contributed by atoms with Gasteiger partial charge in [0.05, 0.1) is 12.8 Å². The molecular formula is C12H18N2OS. The lowest BCUT2D eigenvalue weighted by Crippen LogP contribution is -2.34. The van der Waals surface area contributed by atoms with Crippen LogP contribution >= 0.6 is 12.2 Å². The zero-order valence-corrected chi connectivity index (χ0v) is 10.8. The molecule has 0 aliphatic rings. The van der Waals surface area contributed by atoms with E-state index in [4.69, 9.17) is 17.0 Å². The van der Waals surface area contributed by atoms with E-state index >= 15 is 0 Å². The van der Waals surface area contributed by atoms with Crippen molar-refractivity contribution in [2.75, 3.05) is 25.5 Å². The number of nitrogens with zero attached hydrogens (tertiary/aromatic N) is 1. The zero-order chi connectivity index (χ0) is 12.0. The minimum Gasteiger partial charge on any atom is -0.495 e. The van der Waals surface area contributed by atoms with Crippen LogP contribution in [0, 0.1) is 0 Å². The summed E-state index contributed by atoms with van der Waals surface area (Å²) in [7, 11) is 1.65. The highest BCUT2D eigenvalue weighted by atomic mass is 32.1. The molecular weight excluding hydrogens is 220 g/mol. The van der Waals surface area contributed by atoms with Crippen LogP contribution in [0.5, 0.6) is 5.75 Å². The Morgan fingerprint density at radius 2 is 1.94 bits per heavy atom. The monoisotopic (exact) mass is 238 g/mol. The average Bonchev–Trinajstić information content (AvgIpc) is 2.31. The topological polar surface area (TPSA) is 24.5 Å². The number of nitrogens with one attached hydrogen (secondary N) is 1. The molecule has 0 bridgehead atoms. The largest absolute Gasteiger partial charge is 0.495 e. The maximum atomic E-state index is 5.32. The SMILES string of the molecule is CCN(CC)C(=S)Nc1ccccc1OC. The van der Waals surface area contributed by atoms with E-state index in [0.29, 0.717) is 0 Å². The summed E-state index contributed by atoms with van der Waals surface area (Å²) in [5.74, 6) is 0.803. The van der Waals surface area contributed by atoms with E-state index < -0.39 is 0 Å². The van der Waals surface area contributed by atoms with Crippen LogP contribution in [-0.4, -0.2) is 30.2 Å². The van der Waals surface area contributed by atoms with Gasteiger partial charge >= 0.3 is 0 Å². The Balaban J connectivity index is 2.76. The molecule has 0 unspecified atom stereocenters. The molecule has 1 aromatic carbocycles. The Morgan fingerprint density at radius 1 is 1.31 bits per heavy atom. The molecule has 0 aliphatic heterocycles. The van der Waals surface area contributed by atoms with Crippen LogP contribution in [0.3, 0.4) is 0 Å². The molecule has 1 N–H and O–H groups in total. The smallest absolute Gasteiger partial charge is 0.173 e. The molecule has 0 saturated carbocycles. The molecule has 0 spiro atoms. The van der Waals surface area contributed by atoms with Gasteiger partial charge in [0, 0.05) is 13.1 Å². The molecule has 1 rings (SSSR count). The highest BCUT2D eigenvalue weighted by Gasteiger charge is 2.07. The summed E-state index contributed by atoms with van der Waals surface area (Å²) in [6.45, 7) is 5.97. The summed E-state index contributed by atoms with van der Waals surface area (Å²) >= 11 is 5.32. The van der Waals surface area contributed by atoms with Gasteiger partial charge in [-0.15, -0.1) is 0 Å². The van der Waals surface area contributed by atoms with Gasteiger partial charge in [-0.2, -0.15) is 0 Å². The van der Waals surface area contributed by atoms with Gasteiger partial charge in [-0.1, -0.05) is 12.1 Å². The van der Waals surface area contributed by atoms with Crippen molar-refractivity contribution in [3.8, 4) is 5.75 Å². The molecule has 0 aliphatic carbocycles. The predicted octanol–water partition coefficient (Wildman–Crippen LogP) is 2.73. The molecule has 16 heavy (non-hydrogen) atoms. The van der Waals surface area contributed by atoms with Crippen molar-refractivity contribution in [1.82, 2.24) is 4.90 Å². The number of para-hydroxylation sites is 2. The van der Waals surface area contributed by atoms with Crippen LogP contribution in [0.15, 0.2) is 24.3 Å². The van der Waals surface area contributed by atoms with Gasteiger partial charge < -0.3 is 15.0 Å². The third-order valence-electron chi connectivity index (χ3n) is 2.40. The molecule has 0 atom stereocenters. The van der Waals surface area contributed by atoms with E-state index in [-0.39, 0.29) is 0 Å². The van der Waals surface area contributed by atoms with Gasteiger partial charge in [-0.3, -0.25) is 0 Å². The number of rotatable bonds is 4. The summed E-state index contributed by atoms with van der Waals surface area (Å²) < 4.78 is 5.25. The molecule has 3 nitrogen and oxygen atoms in total. The highest BCUT2D eigenvalue weighted by molar-refractivity contribution is 7.80. The standard InChI is InChI=1S/C12H18N2OS/c1-4-14(5-2)12(16)13-10-8-6-7-9-11(10)15-3/h6-9H,4-5H2,1-3H3,(H,13,16). The molecule has 0 heterocycles. The zero-order valence-electron chi connectivity index (χ0n) is 9.99. The Labute approximate surface area is 102 Å². The molecule has 0 radical (unpaired) electrons. The Kier molecular flexibility index (Phi) is 5.05. The van der Waals surface area contributed by atoms with E-state index in [2.05, 4.69) is 24.1 Å². The predicted molar refractivity (Wildman–Crippen MR) is 72.1 cm³/mol. The van der Waals surface area contributed by atoms with Crippen molar-refractivity contribution in [3.05, 3.63) is 24.3 Å². The molecule has 1 aromatic rings. The average molecular weight is 238 g/mol. The Bertz CT molecular complexity index is 351. The first-order valence-corrected chi connectivity index (χ1v) is 5.82. The molecule has 0 amide bonds. The highest BCUT2D eigenvalue weighted by Crippen LogP contribution is 2.23. The van der Waals surface area contributed by atoms with Crippen LogP contribution in [0.4, 0.5) is 5.69 Å². The second kappa shape index (κ2) is 6.33. The lowest BCUT2D eigenvalue weighted by molar-refractivity contribution is 0.416. The maximum absolute atomic E-state index is 5.32. The van der Waals surface area contributed by atoms with Gasteiger partial charge in [-0.05, 0) is 38.2 Å². The van der Waals surface area contributed by atoms with Crippen molar-refractivity contribution in [3.63, 3.8) is 0 Å². The van der Waals surface area contributed by atoms with Gasteiger partial charge in [0.1, 0.15) is 5.75 Å². The second-order valence-corrected chi connectivity index (χ2v) is 3.69. The van der Waals surface area contributed by atoms with Crippen molar-refractivity contribution in [2.24, 2.45) is 0 Å². The number of anilines is 1. The van der Waals surface area contributed by atoms with E-state index in [1.165, 1.54) is 0 Å². The number of hydrogen-bond acceptors (Lipinski definition) is 2. The molecule has 4 heteroatoms. The van der Waals surface area contributed by atoms with Crippen LogP contribution in [0.2, 0.25) is 0 Å². The number of benzene rings is 1. The minimum atomic E-state index is 0.731. The van der Waals surface area contributed by atoms with Gasteiger partial charge in [0.2, 0.25) is 0 Å². The van der Waals surface area contributed by atoms with E-state index in [1.807, 2.05) is 24.3 Å². The van der Waals surface area contributed by atoms with Crippen molar-refractivity contribution < 1.29 is 4.74 Å². The molecule has 88 valence electrons. The first-order chi connectivity index (χ1) is 7.72. The number of methoxy groups -OCH3 is 1. The van der Waals surface area contributed by atoms with E-state index in [1.54, 1.807) is 7.11 Å². The Hall–Kier alpha value is -1.29. The van der Waals surface area contributed by atoms with Crippen molar-refractivity contribution in [2.45, 2.75) is 13.8 Å². The summed E-state index contributed by atoms with van der Waals surface area (Å²) in [4.78, 5) is 2.09. The van der Waals surface area contributed by atoms with Crippen molar-refractivity contribution in [1.29, 1.82) is 0 Å². The number of ether oxygens (including phenoxy) is 1. The first-order valence-electron chi connectivity index (χ1n) is 5.41. The number of hydrogen-bond donors (Lipinski definition) is 1. The van der Waals surface area contributed by atoms with Crippen molar-refractivity contribution >= 4 is 23.0 Å². The third kappa shape index (κ3) is 3.10. The van der Waals surface area contributed by atoms with Crippen LogP contribution in [0.1, 0.15) is 13.8 Å².